The van der Waals surface area contributed by atoms with Crippen LogP contribution in [-0.4, -0.2) is 30.9 Å². The smallest absolute Gasteiger partial charge is 0.291 e. The number of carbonyl (C=O) groups is 2. The number of piperidine rings is 1. The molecule has 2 amide bonds. The molecule has 0 saturated carbocycles. The molecule has 3 rings (SSSR count). The number of hydrogen-bond acceptors (Lipinski definition) is 4. The highest BCUT2D eigenvalue weighted by Crippen LogP contribution is 2.19. The van der Waals surface area contributed by atoms with Gasteiger partial charge in [-0.1, -0.05) is 13.0 Å². The van der Waals surface area contributed by atoms with E-state index in [1.54, 1.807) is 24.3 Å². The number of carbonyl (C=O) groups excluding carboxylic acids is 2. The van der Waals surface area contributed by atoms with Crippen LogP contribution in [0.1, 0.15) is 39.8 Å². The monoisotopic (exact) mass is 377 g/mol. The van der Waals surface area contributed by atoms with Crippen LogP contribution in [0.3, 0.4) is 0 Å². The van der Waals surface area contributed by atoms with Gasteiger partial charge in [0.15, 0.2) is 5.76 Å². The third kappa shape index (κ3) is 4.65. The third-order valence-corrected chi connectivity index (χ3v) is 4.59. The lowest BCUT2D eigenvalue weighted by Crippen LogP contribution is -2.48. The predicted octanol–water partition coefficient (Wildman–Crippen LogP) is 2.99. The van der Waals surface area contributed by atoms with Gasteiger partial charge in [-0.05, 0) is 62.2 Å². The fourth-order valence-electron chi connectivity index (χ4n) is 2.97. The summed E-state index contributed by atoms with van der Waals surface area (Å²) >= 11 is 0. The summed E-state index contributed by atoms with van der Waals surface area (Å²) in [7, 11) is 0. The Balaban J connectivity index is 0.00000243. The van der Waals surface area contributed by atoms with Gasteiger partial charge in [-0.3, -0.25) is 9.59 Å². The van der Waals surface area contributed by atoms with Gasteiger partial charge in [0.2, 0.25) is 0 Å². The van der Waals surface area contributed by atoms with Crippen LogP contribution >= 0.6 is 12.4 Å². The van der Waals surface area contributed by atoms with Gasteiger partial charge in [0.05, 0.1) is 6.26 Å². The van der Waals surface area contributed by atoms with Crippen molar-refractivity contribution in [2.75, 3.05) is 18.4 Å². The zero-order chi connectivity index (χ0) is 17.8. The van der Waals surface area contributed by atoms with Gasteiger partial charge in [-0.25, -0.2) is 0 Å². The van der Waals surface area contributed by atoms with Crippen molar-refractivity contribution in [3.05, 3.63) is 53.5 Å². The first-order valence-corrected chi connectivity index (χ1v) is 8.51. The zero-order valence-corrected chi connectivity index (χ0v) is 15.7. The molecule has 140 valence electrons. The topological polar surface area (TPSA) is 83.4 Å². The number of benzene rings is 1. The Morgan fingerprint density at radius 1 is 1.23 bits per heavy atom. The standard InChI is InChI=1S/C19H23N3O3.ClH/c1-12-5-6-14(18(23)21-15-7-8-20-11-13(15)2)10-16(12)22-19(24)17-4-3-9-25-17;/h3-6,9-10,13,15,20H,7-8,11H2,1-2H3,(H,21,23)(H,22,24);1H. The third-order valence-electron chi connectivity index (χ3n) is 4.59. The van der Waals surface area contributed by atoms with E-state index in [-0.39, 0.29) is 36.0 Å². The first kappa shape index (κ1) is 20.0. The zero-order valence-electron chi connectivity index (χ0n) is 14.9. The minimum atomic E-state index is -0.336. The average molecular weight is 378 g/mol. The summed E-state index contributed by atoms with van der Waals surface area (Å²) < 4.78 is 5.10. The van der Waals surface area contributed by atoms with Crippen LogP contribution in [0.5, 0.6) is 0 Å². The summed E-state index contributed by atoms with van der Waals surface area (Å²) in [6, 6.07) is 8.73. The molecule has 2 unspecified atom stereocenters. The van der Waals surface area contributed by atoms with E-state index < -0.39 is 0 Å². The minimum absolute atomic E-state index is 0. The van der Waals surface area contributed by atoms with E-state index in [4.69, 9.17) is 4.42 Å². The van der Waals surface area contributed by atoms with Gasteiger partial charge in [-0.15, -0.1) is 12.4 Å². The summed E-state index contributed by atoms with van der Waals surface area (Å²) in [5.41, 5.74) is 2.02. The van der Waals surface area contributed by atoms with E-state index in [9.17, 15) is 9.59 Å². The summed E-state index contributed by atoms with van der Waals surface area (Å²) in [6.07, 6.45) is 2.37. The quantitative estimate of drug-likeness (QED) is 0.764. The minimum Gasteiger partial charge on any atom is -0.459 e. The van der Waals surface area contributed by atoms with E-state index in [0.29, 0.717) is 17.2 Å². The van der Waals surface area contributed by atoms with Gasteiger partial charge in [-0.2, -0.15) is 0 Å². The van der Waals surface area contributed by atoms with Crippen molar-refractivity contribution in [1.82, 2.24) is 10.6 Å². The fraction of sp³-hybridized carbons (Fsp3) is 0.368. The first-order valence-electron chi connectivity index (χ1n) is 8.51. The van der Waals surface area contributed by atoms with Gasteiger partial charge >= 0.3 is 0 Å². The second kappa shape index (κ2) is 8.87. The van der Waals surface area contributed by atoms with Crippen molar-refractivity contribution in [1.29, 1.82) is 0 Å². The van der Waals surface area contributed by atoms with Crippen LogP contribution in [-0.2, 0) is 0 Å². The lowest BCUT2D eigenvalue weighted by Gasteiger charge is -2.30. The van der Waals surface area contributed by atoms with Crippen LogP contribution < -0.4 is 16.0 Å². The molecule has 1 aromatic heterocycles. The highest BCUT2D eigenvalue weighted by Gasteiger charge is 2.23. The SMILES string of the molecule is Cc1ccc(C(=O)NC2CCNCC2C)cc1NC(=O)c1ccco1.Cl. The van der Waals surface area contributed by atoms with Crippen molar-refractivity contribution >= 4 is 29.9 Å². The number of halogens is 1. The number of rotatable bonds is 4. The maximum absolute atomic E-state index is 12.6. The Hall–Kier alpha value is -2.31. The molecule has 2 aromatic rings. The lowest BCUT2D eigenvalue weighted by molar-refractivity contribution is 0.0913. The fourth-order valence-corrected chi connectivity index (χ4v) is 2.97. The van der Waals surface area contributed by atoms with Gasteiger partial charge in [0.25, 0.3) is 11.8 Å². The molecule has 1 saturated heterocycles. The van der Waals surface area contributed by atoms with Crippen LogP contribution in [0.15, 0.2) is 41.0 Å². The maximum Gasteiger partial charge on any atom is 0.291 e. The molecule has 1 fully saturated rings. The molecule has 3 N–H and O–H groups in total. The number of furan rings is 1. The Morgan fingerprint density at radius 3 is 2.73 bits per heavy atom. The van der Waals surface area contributed by atoms with Gasteiger partial charge in [0.1, 0.15) is 0 Å². The second-order valence-electron chi connectivity index (χ2n) is 6.51. The van der Waals surface area contributed by atoms with Crippen LogP contribution in [0.2, 0.25) is 0 Å². The highest BCUT2D eigenvalue weighted by molar-refractivity contribution is 6.04. The van der Waals surface area contributed by atoms with Crippen LogP contribution in [0.25, 0.3) is 0 Å². The van der Waals surface area contributed by atoms with E-state index in [2.05, 4.69) is 22.9 Å². The second-order valence-corrected chi connectivity index (χ2v) is 6.51. The molecule has 7 heteroatoms. The van der Waals surface area contributed by atoms with Crippen molar-refractivity contribution in [2.24, 2.45) is 5.92 Å². The average Bonchev–Trinajstić information content (AvgIpc) is 3.13. The summed E-state index contributed by atoms with van der Waals surface area (Å²) in [5.74, 6) is 0.170. The van der Waals surface area contributed by atoms with E-state index in [1.807, 2.05) is 13.0 Å². The first-order chi connectivity index (χ1) is 12.0. The number of aryl methyl sites for hydroxylation is 1. The van der Waals surface area contributed by atoms with Crippen LogP contribution in [0, 0.1) is 12.8 Å². The molecule has 0 bridgehead atoms. The molecule has 1 aromatic carbocycles. The number of amides is 2. The molecule has 0 spiro atoms. The largest absolute Gasteiger partial charge is 0.459 e. The molecular weight excluding hydrogens is 354 g/mol. The van der Waals surface area contributed by atoms with E-state index in [0.717, 1.165) is 25.1 Å². The lowest BCUT2D eigenvalue weighted by atomic mass is 9.95. The predicted molar refractivity (Wildman–Crippen MR) is 103 cm³/mol. The number of hydrogen-bond donors (Lipinski definition) is 3. The van der Waals surface area contributed by atoms with Crippen molar-refractivity contribution in [3.8, 4) is 0 Å². The van der Waals surface area contributed by atoms with E-state index in [1.165, 1.54) is 6.26 Å². The number of anilines is 1. The summed E-state index contributed by atoms with van der Waals surface area (Å²) in [6.45, 7) is 5.83. The molecule has 26 heavy (non-hydrogen) atoms. The van der Waals surface area contributed by atoms with Crippen molar-refractivity contribution < 1.29 is 14.0 Å². The molecule has 2 heterocycles. The van der Waals surface area contributed by atoms with Gasteiger partial charge < -0.3 is 20.4 Å². The van der Waals surface area contributed by atoms with E-state index >= 15 is 0 Å². The Labute approximate surface area is 159 Å². The number of nitrogens with one attached hydrogen (secondary N) is 3. The summed E-state index contributed by atoms with van der Waals surface area (Å²) in [4.78, 5) is 24.7. The molecular formula is C19H24ClN3O3. The Kier molecular flexibility index (Phi) is 6.83. The maximum atomic E-state index is 12.6. The summed E-state index contributed by atoms with van der Waals surface area (Å²) in [5, 5.41) is 9.22. The molecule has 0 aliphatic carbocycles. The molecule has 6 nitrogen and oxygen atoms in total. The molecule has 0 radical (unpaired) electrons. The highest BCUT2D eigenvalue weighted by atomic mass is 35.5. The Bertz CT molecular complexity index is 761. The normalized spacial score (nSPS) is 19.3. The molecule has 1 aliphatic rings. The molecule has 1 aliphatic heterocycles. The van der Waals surface area contributed by atoms with Crippen LogP contribution in [0.4, 0.5) is 5.69 Å². The van der Waals surface area contributed by atoms with Crippen molar-refractivity contribution in [3.63, 3.8) is 0 Å². The van der Waals surface area contributed by atoms with Gasteiger partial charge in [0, 0.05) is 17.3 Å². The van der Waals surface area contributed by atoms with Crippen molar-refractivity contribution in [2.45, 2.75) is 26.3 Å². The molecule has 2 atom stereocenters. The Morgan fingerprint density at radius 2 is 2.04 bits per heavy atom.